The van der Waals surface area contributed by atoms with Gasteiger partial charge in [0.25, 0.3) is 0 Å². The Kier molecular flexibility index (Phi) is 5.75. The van der Waals surface area contributed by atoms with E-state index in [9.17, 15) is 0 Å². The van der Waals surface area contributed by atoms with E-state index in [2.05, 4.69) is 155 Å². The fraction of sp³-hybridized carbons (Fsp3) is 0.0513. The highest BCUT2D eigenvalue weighted by atomic mass is 15.0. The molecule has 0 aliphatic carbocycles. The number of hydrogen-bond acceptors (Lipinski definition) is 2. The van der Waals surface area contributed by atoms with Crippen molar-refractivity contribution in [2.75, 3.05) is 0 Å². The van der Waals surface area contributed by atoms with E-state index in [4.69, 9.17) is 0 Å². The molecule has 1 unspecified atom stereocenters. The summed E-state index contributed by atoms with van der Waals surface area (Å²) in [5.41, 5.74) is 10.8. The second-order valence-corrected chi connectivity index (χ2v) is 11.1. The number of dihydropyridines is 1. The maximum absolute atomic E-state index is 4.42. The van der Waals surface area contributed by atoms with Crippen molar-refractivity contribution in [2.24, 2.45) is 0 Å². The van der Waals surface area contributed by atoms with Crippen molar-refractivity contribution < 1.29 is 0 Å². The van der Waals surface area contributed by atoms with Crippen LogP contribution in [-0.4, -0.2) is 9.55 Å². The fourth-order valence-corrected chi connectivity index (χ4v) is 6.33. The van der Waals surface area contributed by atoms with Crippen molar-refractivity contribution in [1.82, 2.24) is 14.9 Å². The first-order valence-electron chi connectivity index (χ1n) is 14.4. The molecule has 200 valence electrons. The third-order valence-corrected chi connectivity index (χ3v) is 8.34. The zero-order chi connectivity index (χ0) is 28.0. The van der Waals surface area contributed by atoms with Gasteiger partial charge in [-0.15, -0.1) is 0 Å². The van der Waals surface area contributed by atoms with Gasteiger partial charge in [-0.2, -0.15) is 0 Å². The van der Waals surface area contributed by atoms with Crippen LogP contribution in [-0.2, 0) is 0 Å². The molecule has 1 atom stereocenters. The summed E-state index contributed by atoms with van der Waals surface area (Å²) in [6.45, 7) is 2.09. The lowest BCUT2D eigenvalue weighted by Crippen LogP contribution is -2.16. The summed E-state index contributed by atoms with van der Waals surface area (Å²) in [6.07, 6.45) is 10.4. The van der Waals surface area contributed by atoms with Crippen LogP contribution in [0.2, 0.25) is 0 Å². The summed E-state index contributed by atoms with van der Waals surface area (Å²) in [5.74, 6) is 0. The Hall–Kier alpha value is -5.41. The average Bonchev–Trinajstić information content (AvgIpc) is 3.39. The Morgan fingerprint density at radius 3 is 2.26 bits per heavy atom. The van der Waals surface area contributed by atoms with Crippen LogP contribution in [0, 0.1) is 6.92 Å². The van der Waals surface area contributed by atoms with Gasteiger partial charge in [0.15, 0.2) is 0 Å². The first-order valence-corrected chi connectivity index (χ1v) is 14.4. The Morgan fingerprint density at radius 2 is 1.43 bits per heavy atom. The highest BCUT2D eigenvalue weighted by molar-refractivity contribution is 6.19. The molecule has 5 aromatic carbocycles. The Morgan fingerprint density at radius 1 is 0.667 bits per heavy atom. The lowest BCUT2D eigenvalue weighted by Gasteiger charge is -2.20. The van der Waals surface area contributed by atoms with E-state index in [0.717, 1.165) is 16.8 Å². The molecule has 1 aliphatic rings. The van der Waals surface area contributed by atoms with Crippen LogP contribution >= 0.6 is 0 Å². The summed E-state index contributed by atoms with van der Waals surface area (Å²) in [6, 6.07) is 41.9. The zero-order valence-corrected chi connectivity index (χ0v) is 23.3. The standard InChI is InChI=1S/C39H29N3/c1-26-20-32(25-40-24-26)37-22-30(18-19-41-37)29-13-16-35-36-17-14-31-21-28(27-8-4-2-5-9-27)12-15-34(31)39(36)42(38(35)23-29)33-10-6-3-7-11-33/h2-25,37,41H,1H3. The van der Waals surface area contributed by atoms with E-state index in [1.807, 2.05) is 12.4 Å². The van der Waals surface area contributed by atoms with E-state index >= 15 is 0 Å². The van der Waals surface area contributed by atoms with Crippen molar-refractivity contribution in [3.8, 4) is 16.8 Å². The molecular weight excluding hydrogens is 510 g/mol. The Balaban J connectivity index is 1.34. The molecule has 0 saturated heterocycles. The van der Waals surface area contributed by atoms with Crippen LogP contribution in [0.1, 0.15) is 22.7 Å². The maximum Gasteiger partial charge on any atom is 0.0716 e. The summed E-state index contributed by atoms with van der Waals surface area (Å²) >= 11 is 0. The summed E-state index contributed by atoms with van der Waals surface area (Å²) in [5, 5.41) is 8.50. The van der Waals surface area contributed by atoms with Gasteiger partial charge in [-0.05, 0) is 88.3 Å². The van der Waals surface area contributed by atoms with E-state index in [1.165, 1.54) is 54.8 Å². The lowest BCUT2D eigenvalue weighted by atomic mass is 9.96. The molecular formula is C39H29N3. The van der Waals surface area contributed by atoms with Gasteiger partial charge in [0.05, 0.1) is 17.1 Å². The van der Waals surface area contributed by atoms with E-state index in [0.29, 0.717) is 0 Å². The van der Waals surface area contributed by atoms with Crippen LogP contribution in [0.4, 0.5) is 0 Å². The number of nitrogens with one attached hydrogen (secondary N) is 1. The summed E-state index contributed by atoms with van der Waals surface area (Å²) < 4.78 is 2.44. The van der Waals surface area contributed by atoms with Gasteiger partial charge in [-0.1, -0.05) is 91.0 Å². The van der Waals surface area contributed by atoms with Gasteiger partial charge in [0.1, 0.15) is 0 Å². The molecule has 0 amide bonds. The molecule has 0 bridgehead atoms. The van der Waals surface area contributed by atoms with Gasteiger partial charge in [-0.3, -0.25) is 4.98 Å². The number of aryl methyl sites for hydroxylation is 1. The van der Waals surface area contributed by atoms with E-state index < -0.39 is 0 Å². The molecule has 3 heterocycles. The minimum absolute atomic E-state index is 0.0795. The molecule has 0 fully saturated rings. The summed E-state index contributed by atoms with van der Waals surface area (Å²) in [7, 11) is 0. The molecule has 1 aliphatic heterocycles. The first kappa shape index (κ1) is 24.4. The molecule has 7 aromatic rings. The van der Waals surface area contributed by atoms with Gasteiger partial charge >= 0.3 is 0 Å². The van der Waals surface area contributed by atoms with Crippen LogP contribution in [0.5, 0.6) is 0 Å². The smallest absolute Gasteiger partial charge is 0.0716 e. The highest BCUT2D eigenvalue weighted by Gasteiger charge is 2.18. The minimum atomic E-state index is 0.0795. The fourth-order valence-electron chi connectivity index (χ4n) is 6.33. The number of hydrogen-bond donors (Lipinski definition) is 1. The molecule has 3 heteroatoms. The van der Waals surface area contributed by atoms with Gasteiger partial charge in [0, 0.05) is 34.2 Å². The van der Waals surface area contributed by atoms with Crippen molar-refractivity contribution in [2.45, 2.75) is 13.0 Å². The second kappa shape index (κ2) is 9.90. The number of benzene rings is 5. The van der Waals surface area contributed by atoms with Crippen molar-refractivity contribution in [3.63, 3.8) is 0 Å². The Labute approximate surface area is 245 Å². The van der Waals surface area contributed by atoms with Gasteiger partial charge < -0.3 is 9.88 Å². The minimum Gasteiger partial charge on any atom is -0.380 e. The quantitative estimate of drug-likeness (QED) is 0.241. The number of allylic oxidation sites excluding steroid dienone is 2. The van der Waals surface area contributed by atoms with Gasteiger partial charge in [-0.25, -0.2) is 0 Å². The third-order valence-electron chi connectivity index (χ3n) is 8.34. The van der Waals surface area contributed by atoms with Crippen LogP contribution < -0.4 is 5.32 Å². The molecule has 0 radical (unpaired) electrons. The molecule has 0 spiro atoms. The maximum atomic E-state index is 4.42. The zero-order valence-electron chi connectivity index (χ0n) is 23.3. The predicted molar refractivity (Wildman–Crippen MR) is 176 cm³/mol. The van der Waals surface area contributed by atoms with E-state index in [-0.39, 0.29) is 6.04 Å². The van der Waals surface area contributed by atoms with E-state index in [1.54, 1.807) is 0 Å². The molecule has 3 nitrogen and oxygen atoms in total. The summed E-state index contributed by atoms with van der Waals surface area (Å²) in [4.78, 5) is 4.42. The second-order valence-electron chi connectivity index (χ2n) is 11.1. The largest absolute Gasteiger partial charge is 0.380 e. The van der Waals surface area contributed by atoms with Crippen molar-refractivity contribution in [3.05, 3.63) is 163 Å². The number of fused-ring (bicyclic) bond motifs is 5. The topological polar surface area (TPSA) is 29.9 Å². The number of rotatable bonds is 4. The van der Waals surface area contributed by atoms with Crippen molar-refractivity contribution in [1.29, 1.82) is 0 Å². The molecule has 2 aromatic heterocycles. The Bertz CT molecular complexity index is 2170. The van der Waals surface area contributed by atoms with Crippen LogP contribution in [0.25, 0.3) is 55.0 Å². The predicted octanol–water partition coefficient (Wildman–Crippen LogP) is 9.55. The number of pyridine rings is 1. The average molecular weight is 540 g/mol. The number of aromatic nitrogens is 2. The molecule has 1 N–H and O–H groups in total. The SMILES string of the molecule is Cc1cncc(C2C=C(c3ccc4c5ccc6cc(-c7ccccc7)ccc6c5n(-c5ccccc5)c4c3)C=CN2)c1. The molecule has 42 heavy (non-hydrogen) atoms. The highest BCUT2D eigenvalue weighted by Crippen LogP contribution is 2.39. The van der Waals surface area contributed by atoms with Crippen molar-refractivity contribution >= 4 is 38.2 Å². The molecule has 0 saturated carbocycles. The van der Waals surface area contributed by atoms with Crippen LogP contribution in [0.15, 0.2) is 146 Å². The first-order chi connectivity index (χ1) is 20.7. The molecule has 8 rings (SSSR count). The monoisotopic (exact) mass is 539 g/mol. The van der Waals surface area contributed by atoms with Gasteiger partial charge in [0.2, 0.25) is 0 Å². The number of para-hydroxylation sites is 1. The lowest BCUT2D eigenvalue weighted by molar-refractivity contribution is 0.744. The van der Waals surface area contributed by atoms with Crippen LogP contribution in [0.3, 0.4) is 0 Å². The normalized spacial score (nSPS) is 14.8. The third kappa shape index (κ3) is 4.10. The number of nitrogens with zero attached hydrogens (tertiary/aromatic N) is 2.